The number of methoxy groups -OCH3 is 1. The number of aliphatic hydroxyl groups excluding tert-OH is 1. The van der Waals surface area contributed by atoms with Crippen molar-refractivity contribution in [1.29, 1.82) is 0 Å². The fourth-order valence-electron chi connectivity index (χ4n) is 4.61. The van der Waals surface area contributed by atoms with E-state index in [4.69, 9.17) is 14.8 Å². The van der Waals surface area contributed by atoms with E-state index in [0.29, 0.717) is 0 Å². The van der Waals surface area contributed by atoms with Crippen LogP contribution in [-0.2, 0) is 0 Å². The molecular weight excluding hydrogens is 400 g/mol. The second kappa shape index (κ2) is 8.28. The average molecular weight is 429 g/mol. The topological polar surface area (TPSA) is 62.9 Å². The second-order valence-electron chi connectivity index (χ2n) is 8.46. The summed E-state index contributed by atoms with van der Waals surface area (Å²) in [4.78, 5) is 7.32. The molecule has 1 saturated heterocycles. The predicted molar refractivity (Wildman–Crippen MR) is 127 cm³/mol. The molecular formula is C26H28N4O2. The molecule has 1 aliphatic rings. The van der Waals surface area contributed by atoms with E-state index in [0.717, 1.165) is 64.7 Å². The molecule has 1 fully saturated rings. The SMILES string of the molecule is COc1ccc(-c2cc(N3CCCC3CO)nc3c(-c4ccc(C)cc4)c(C)nn23)cc1. The average Bonchev–Trinajstić information content (AvgIpc) is 3.43. The Hall–Kier alpha value is -3.38. The first-order chi connectivity index (χ1) is 15.6. The summed E-state index contributed by atoms with van der Waals surface area (Å²) in [6.45, 7) is 5.15. The number of aliphatic hydroxyl groups is 1. The van der Waals surface area contributed by atoms with Crippen molar-refractivity contribution in [2.24, 2.45) is 0 Å². The Morgan fingerprint density at radius 2 is 1.75 bits per heavy atom. The number of aryl methyl sites for hydroxylation is 2. The van der Waals surface area contributed by atoms with E-state index >= 15 is 0 Å². The van der Waals surface area contributed by atoms with Crippen molar-refractivity contribution in [1.82, 2.24) is 14.6 Å². The molecule has 32 heavy (non-hydrogen) atoms. The third kappa shape index (κ3) is 3.50. The van der Waals surface area contributed by atoms with E-state index in [-0.39, 0.29) is 12.6 Å². The molecule has 6 heteroatoms. The lowest BCUT2D eigenvalue weighted by molar-refractivity contribution is 0.266. The molecule has 0 bridgehead atoms. The van der Waals surface area contributed by atoms with Crippen LogP contribution in [0.5, 0.6) is 5.75 Å². The van der Waals surface area contributed by atoms with Crippen LogP contribution < -0.4 is 9.64 Å². The van der Waals surface area contributed by atoms with Crippen LogP contribution in [0.3, 0.4) is 0 Å². The molecule has 0 spiro atoms. The van der Waals surface area contributed by atoms with E-state index in [9.17, 15) is 5.11 Å². The van der Waals surface area contributed by atoms with Gasteiger partial charge in [-0.1, -0.05) is 29.8 Å². The van der Waals surface area contributed by atoms with Gasteiger partial charge in [-0.3, -0.25) is 0 Å². The zero-order valence-electron chi connectivity index (χ0n) is 18.7. The van der Waals surface area contributed by atoms with E-state index in [2.05, 4.69) is 42.2 Å². The summed E-state index contributed by atoms with van der Waals surface area (Å²) in [5, 5.41) is 14.8. The van der Waals surface area contributed by atoms with Crippen molar-refractivity contribution >= 4 is 11.5 Å². The maximum absolute atomic E-state index is 9.92. The molecule has 1 N–H and O–H groups in total. The number of ether oxygens (including phenoxy) is 1. The van der Waals surface area contributed by atoms with Crippen LogP contribution in [0.15, 0.2) is 54.6 Å². The molecule has 0 amide bonds. The van der Waals surface area contributed by atoms with Crippen molar-refractivity contribution in [2.45, 2.75) is 32.7 Å². The molecule has 5 rings (SSSR count). The fraction of sp³-hybridized carbons (Fsp3) is 0.308. The highest BCUT2D eigenvalue weighted by Crippen LogP contribution is 2.35. The van der Waals surface area contributed by atoms with Crippen molar-refractivity contribution in [3.63, 3.8) is 0 Å². The molecule has 164 valence electrons. The number of aromatic nitrogens is 3. The first kappa shape index (κ1) is 20.5. The Bertz CT molecular complexity index is 1250. The molecule has 2 aromatic heterocycles. The quantitative estimate of drug-likeness (QED) is 0.501. The molecule has 1 atom stereocenters. The fourth-order valence-corrected chi connectivity index (χ4v) is 4.61. The van der Waals surface area contributed by atoms with Crippen LogP contribution in [0.2, 0.25) is 0 Å². The largest absolute Gasteiger partial charge is 0.497 e. The monoisotopic (exact) mass is 428 g/mol. The molecule has 6 nitrogen and oxygen atoms in total. The minimum atomic E-state index is 0.0977. The Balaban J connectivity index is 1.75. The number of hydrogen-bond acceptors (Lipinski definition) is 5. The summed E-state index contributed by atoms with van der Waals surface area (Å²) >= 11 is 0. The highest BCUT2D eigenvalue weighted by atomic mass is 16.5. The van der Waals surface area contributed by atoms with E-state index < -0.39 is 0 Å². The molecule has 4 aromatic rings. The van der Waals surface area contributed by atoms with Crippen LogP contribution in [0.1, 0.15) is 24.1 Å². The lowest BCUT2D eigenvalue weighted by atomic mass is 10.0. The van der Waals surface area contributed by atoms with Crippen molar-refractivity contribution in [2.75, 3.05) is 25.2 Å². The molecule has 0 radical (unpaired) electrons. The Labute approximate surface area is 188 Å². The molecule has 1 aliphatic heterocycles. The number of nitrogens with zero attached hydrogens (tertiary/aromatic N) is 4. The van der Waals surface area contributed by atoms with E-state index in [1.54, 1.807) is 7.11 Å². The Morgan fingerprint density at radius 3 is 2.44 bits per heavy atom. The van der Waals surface area contributed by atoms with Crippen molar-refractivity contribution in [3.05, 3.63) is 65.9 Å². The number of anilines is 1. The van der Waals surface area contributed by atoms with Gasteiger partial charge in [-0.2, -0.15) is 5.10 Å². The number of fused-ring (bicyclic) bond motifs is 1. The van der Waals surface area contributed by atoms with Gasteiger partial charge >= 0.3 is 0 Å². The van der Waals surface area contributed by atoms with Gasteiger partial charge in [0.1, 0.15) is 11.6 Å². The van der Waals surface area contributed by atoms with Crippen LogP contribution in [-0.4, -0.2) is 46.0 Å². The summed E-state index contributed by atoms with van der Waals surface area (Å²) < 4.78 is 7.29. The Morgan fingerprint density at radius 1 is 1.03 bits per heavy atom. The first-order valence-electron chi connectivity index (χ1n) is 11.1. The zero-order valence-corrected chi connectivity index (χ0v) is 18.7. The number of rotatable bonds is 5. The Kier molecular flexibility index (Phi) is 5.31. The van der Waals surface area contributed by atoms with Gasteiger partial charge in [-0.05, 0) is 56.5 Å². The summed E-state index contributed by atoms with van der Waals surface area (Å²) in [5.41, 5.74) is 7.15. The summed E-state index contributed by atoms with van der Waals surface area (Å²) in [6, 6.07) is 18.7. The summed E-state index contributed by atoms with van der Waals surface area (Å²) in [5.74, 6) is 1.70. The van der Waals surface area contributed by atoms with Gasteiger partial charge in [0.15, 0.2) is 5.65 Å². The van der Waals surface area contributed by atoms with Crippen molar-refractivity contribution < 1.29 is 9.84 Å². The van der Waals surface area contributed by atoms with E-state index in [1.165, 1.54) is 5.56 Å². The normalized spacial score (nSPS) is 16.1. The lowest BCUT2D eigenvalue weighted by Crippen LogP contribution is -2.32. The van der Waals surface area contributed by atoms with Crippen LogP contribution in [0.25, 0.3) is 28.0 Å². The number of benzene rings is 2. The minimum Gasteiger partial charge on any atom is -0.497 e. The van der Waals surface area contributed by atoms with Gasteiger partial charge in [0.2, 0.25) is 0 Å². The first-order valence-corrected chi connectivity index (χ1v) is 11.1. The number of hydrogen-bond donors (Lipinski definition) is 1. The summed E-state index contributed by atoms with van der Waals surface area (Å²) in [7, 11) is 1.67. The smallest absolute Gasteiger partial charge is 0.166 e. The molecule has 0 saturated carbocycles. The maximum atomic E-state index is 9.92. The van der Waals surface area contributed by atoms with Gasteiger partial charge in [-0.15, -0.1) is 0 Å². The molecule has 3 heterocycles. The van der Waals surface area contributed by atoms with E-state index in [1.807, 2.05) is 35.7 Å². The van der Waals surface area contributed by atoms with Gasteiger partial charge in [-0.25, -0.2) is 9.50 Å². The van der Waals surface area contributed by atoms with Crippen LogP contribution in [0.4, 0.5) is 5.82 Å². The maximum Gasteiger partial charge on any atom is 0.166 e. The minimum absolute atomic E-state index is 0.0977. The molecule has 1 unspecified atom stereocenters. The van der Waals surface area contributed by atoms with Crippen molar-refractivity contribution in [3.8, 4) is 28.1 Å². The molecule has 2 aromatic carbocycles. The zero-order chi connectivity index (χ0) is 22.2. The summed E-state index contributed by atoms with van der Waals surface area (Å²) in [6.07, 6.45) is 2.03. The standard InChI is InChI=1S/C26H28N4O2/c1-17-6-8-20(9-7-17)25-18(2)28-30-23(19-10-12-22(32-3)13-11-19)15-24(27-26(25)30)29-14-4-5-21(29)16-31/h6-13,15,21,31H,4-5,14,16H2,1-3H3. The van der Waals surface area contributed by atoms with Gasteiger partial charge in [0, 0.05) is 23.7 Å². The lowest BCUT2D eigenvalue weighted by Gasteiger charge is -2.25. The second-order valence-corrected chi connectivity index (χ2v) is 8.46. The van der Waals surface area contributed by atoms with Crippen LogP contribution >= 0.6 is 0 Å². The van der Waals surface area contributed by atoms with Crippen LogP contribution in [0, 0.1) is 13.8 Å². The highest BCUT2D eigenvalue weighted by Gasteiger charge is 2.27. The highest BCUT2D eigenvalue weighted by molar-refractivity contribution is 5.83. The third-order valence-electron chi connectivity index (χ3n) is 6.36. The van der Waals surface area contributed by atoms with Gasteiger partial charge in [0.05, 0.1) is 31.1 Å². The van der Waals surface area contributed by atoms with Gasteiger partial charge in [0.25, 0.3) is 0 Å². The molecule has 0 aliphatic carbocycles. The third-order valence-corrected chi connectivity index (χ3v) is 6.36. The predicted octanol–water partition coefficient (Wildman–Crippen LogP) is 4.65. The van der Waals surface area contributed by atoms with Gasteiger partial charge < -0.3 is 14.7 Å².